The van der Waals surface area contributed by atoms with Crippen LogP contribution >= 0.6 is 0 Å². The third-order valence-corrected chi connectivity index (χ3v) is 4.74. The molecule has 1 aromatic rings. The fraction of sp³-hybridized carbons (Fsp3) is 0.500. The van der Waals surface area contributed by atoms with Gasteiger partial charge in [0.1, 0.15) is 5.60 Å². The van der Waals surface area contributed by atoms with Crippen molar-refractivity contribution >= 4 is 11.9 Å². The molecule has 2 aliphatic rings. The minimum absolute atomic E-state index is 0.0144. The van der Waals surface area contributed by atoms with Crippen LogP contribution < -0.4 is 0 Å². The summed E-state index contributed by atoms with van der Waals surface area (Å²) >= 11 is 0. The molecule has 106 valence electrons. The zero-order valence-corrected chi connectivity index (χ0v) is 11.3. The van der Waals surface area contributed by atoms with Gasteiger partial charge in [-0.3, -0.25) is 0 Å². The first-order valence-electron chi connectivity index (χ1n) is 7.18. The van der Waals surface area contributed by atoms with Crippen LogP contribution in [0.1, 0.15) is 59.2 Å². The third-order valence-electron chi connectivity index (χ3n) is 4.74. The molecule has 0 aromatic heterocycles. The highest BCUT2D eigenvalue weighted by molar-refractivity contribution is 6.02. The second kappa shape index (κ2) is 4.93. The smallest absolute Gasteiger partial charge is 0.339 e. The minimum Gasteiger partial charge on any atom is -0.478 e. The molecule has 4 heteroatoms. The van der Waals surface area contributed by atoms with E-state index in [1.165, 1.54) is 18.6 Å². The summed E-state index contributed by atoms with van der Waals surface area (Å²) < 4.78 is 5.75. The van der Waals surface area contributed by atoms with Crippen molar-refractivity contribution in [2.75, 3.05) is 0 Å². The Hall–Kier alpha value is -1.84. The number of carbonyl (C=O) groups is 2. The minimum atomic E-state index is -1.09. The van der Waals surface area contributed by atoms with E-state index in [0.29, 0.717) is 5.92 Å². The predicted octanol–water partition coefficient (Wildman–Crippen LogP) is 3.26. The highest BCUT2D eigenvalue weighted by Gasteiger charge is 2.51. The summed E-state index contributed by atoms with van der Waals surface area (Å²) in [5.74, 6) is -1.12. The van der Waals surface area contributed by atoms with Gasteiger partial charge in [-0.15, -0.1) is 0 Å². The Morgan fingerprint density at radius 3 is 2.45 bits per heavy atom. The van der Waals surface area contributed by atoms with Crippen molar-refractivity contribution in [2.24, 2.45) is 5.92 Å². The summed E-state index contributed by atoms with van der Waals surface area (Å²) in [6.07, 6.45) is 6.36. The van der Waals surface area contributed by atoms with Gasteiger partial charge < -0.3 is 9.84 Å². The van der Waals surface area contributed by atoms with Gasteiger partial charge in [-0.1, -0.05) is 18.6 Å². The average molecular weight is 274 g/mol. The molecule has 0 aliphatic heterocycles. The average Bonchev–Trinajstić information content (AvgIpc) is 2.43. The lowest BCUT2D eigenvalue weighted by molar-refractivity contribution is -0.129. The molecule has 0 heterocycles. The van der Waals surface area contributed by atoms with Crippen LogP contribution in [-0.2, 0) is 4.74 Å². The van der Waals surface area contributed by atoms with Gasteiger partial charge in [0.2, 0.25) is 0 Å². The highest BCUT2D eigenvalue weighted by Crippen LogP contribution is 2.51. The van der Waals surface area contributed by atoms with Gasteiger partial charge in [-0.2, -0.15) is 0 Å². The number of aromatic carboxylic acids is 1. The zero-order valence-electron chi connectivity index (χ0n) is 11.3. The largest absolute Gasteiger partial charge is 0.478 e. The summed E-state index contributed by atoms with van der Waals surface area (Å²) in [7, 11) is 0. The number of hydrogen-bond acceptors (Lipinski definition) is 3. The molecular weight excluding hydrogens is 256 g/mol. The number of esters is 1. The second-order valence-electron chi connectivity index (χ2n) is 5.79. The molecule has 2 atom stereocenters. The number of ether oxygens (including phenoxy) is 1. The van der Waals surface area contributed by atoms with E-state index in [1.807, 2.05) is 0 Å². The van der Waals surface area contributed by atoms with E-state index in [4.69, 9.17) is 9.84 Å². The molecule has 2 unspecified atom stereocenters. The summed E-state index contributed by atoms with van der Waals surface area (Å²) in [5, 5.41) is 9.14. The maximum absolute atomic E-state index is 12.3. The summed E-state index contributed by atoms with van der Waals surface area (Å²) in [6, 6.07) is 6.25. The number of hydrogen-bond donors (Lipinski definition) is 1. The molecule has 2 aliphatic carbocycles. The van der Waals surface area contributed by atoms with E-state index in [9.17, 15) is 9.59 Å². The number of carboxylic acids is 1. The predicted molar refractivity (Wildman–Crippen MR) is 72.7 cm³/mol. The Kier molecular flexibility index (Phi) is 3.24. The Balaban J connectivity index is 1.82. The maximum Gasteiger partial charge on any atom is 0.339 e. The van der Waals surface area contributed by atoms with Crippen LogP contribution in [0.2, 0.25) is 0 Å². The van der Waals surface area contributed by atoms with Crippen LogP contribution in [0.3, 0.4) is 0 Å². The molecule has 0 amide bonds. The molecule has 20 heavy (non-hydrogen) atoms. The molecule has 4 nitrogen and oxygen atoms in total. The van der Waals surface area contributed by atoms with Gasteiger partial charge in [0.25, 0.3) is 0 Å². The van der Waals surface area contributed by atoms with Crippen LogP contribution in [-0.4, -0.2) is 22.6 Å². The standard InChI is InChI=1S/C16H18O4/c17-14(18)12-6-1-2-7-13(12)15(19)20-16-9-4-3-5-11(16)8-10-16/h1-2,6-7,11H,3-5,8-10H2,(H,17,18). The van der Waals surface area contributed by atoms with E-state index in [-0.39, 0.29) is 16.7 Å². The van der Waals surface area contributed by atoms with Gasteiger partial charge in [-0.25, -0.2) is 9.59 Å². The van der Waals surface area contributed by atoms with Gasteiger partial charge in [0.15, 0.2) is 0 Å². The van der Waals surface area contributed by atoms with Gasteiger partial charge in [0.05, 0.1) is 11.1 Å². The first-order valence-corrected chi connectivity index (χ1v) is 7.18. The number of fused-ring (bicyclic) bond motifs is 1. The summed E-state index contributed by atoms with van der Waals surface area (Å²) in [6.45, 7) is 0. The number of benzene rings is 1. The van der Waals surface area contributed by atoms with Crippen molar-refractivity contribution in [1.82, 2.24) is 0 Å². The van der Waals surface area contributed by atoms with Gasteiger partial charge in [-0.05, 0) is 50.2 Å². The van der Waals surface area contributed by atoms with Gasteiger partial charge in [0, 0.05) is 0 Å². The lowest BCUT2D eigenvalue weighted by atomic mass is 9.61. The molecular formula is C16H18O4. The third kappa shape index (κ3) is 2.09. The highest BCUT2D eigenvalue weighted by atomic mass is 16.6. The van der Waals surface area contributed by atoms with Gasteiger partial charge >= 0.3 is 11.9 Å². The molecule has 1 N–H and O–H groups in total. The van der Waals surface area contributed by atoms with Crippen molar-refractivity contribution < 1.29 is 19.4 Å². The fourth-order valence-electron chi connectivity index (χ4n) is 3.49. The van der Waals surface area contributed by atoms with Crippen molar-refractivity contribution in [3.05, 3.63) is 35.4 Å². The van der Waals surface area contributed by atoms with Crippen molar-refractivity contribution in [3.8, 4) is 0 Å². The number of carboxylic acid groups (broad SMARTS) is 1. The second-order valence-corrected chi connectivity index (χ2v) is 5.79. The molecule has 0 spiro atoms. The molecule has 2 fully saturated rings. The Bertz CT molecular complexity index is 551. The number of rotatable bonds is 3. The Morgan fingerprint density at radius 1 is 1.10 bits per heavy atom. The monoisotopic (exact) mass is 274 g/mol. The van der Waals surface area contributed by atoms with E-state index in [1.54, 1.807) is 12.1 Å². The topological polar surface area (TPSA) is 63.6 Å². The molecule has 0 radical (unpaired) electrons. The van der Waals surface area contributed by atoms with Crippen LogP contribution in [0.5, 0.6) is 0 Å². The van der Waals surface area contributed by atoms with Crippen LogP contribution in [0, 0.1) is 5.92 Å². The van der Waals surface area contributed by atoms with Crippen molar-refractivity contribution in [2.45, 2.75) is 44.1 Å². The fourth-order valence-corrected chi connectivity index (χ4v) is 3.49. The van der Waals surface area contributed by atoms with Crippen molar-refractivity contribution in [3.63, 3.8) is 0 Å². The maximum atomic E-state index is 12.3. The molecule has 0 bridgehead atoms. The molecule has 2 saturated carbocycles. The lowest BCUT2D eigenvalue weighted by Gasteiger charge is -2.51. The Labute approximate surface area is 117 Å². The van der Waals surface area contributed by atoms with E-state index >= 15 is 0 Å². The molecule has 0 saturated heterocycles. The summed E-state index contributed by atoms with van der Waals surface area (Å²) in [5.41, 5.74) is -0.146. The summed E-state index contributed by atoms with van der Waals surface area (Å²) in [4.78, 5) is 23.5. The normalized spacial score (nSPS) is 28.1. The first-order chi connectivity index (χ1) is 9.62. The van der Waals surface area contributed by atoms with Crippen LogP contribution in [0.25, 0.3) is 0 Å². The van der Waals surface area contributed by atoms with Crippen LogP contribution in [0.15, 0.2) is 24.3 Å². The Morgan fingerprint density at radius 2 is 1.85 bits per heavy atom. The quantitative estimate of drug-likeness (QED) is 0.859. The first kappa shape index (κ1) is 13.2. The van der Waals surface area contributed by atoms with Crippen molar-refractivity contribution in [1.29, 1.82) is 0 Å². The van der Waals surface area contributed by atoms with E-state index in [2.05, 4.69) is 0 Å². The molecule has 3 rings (SSSR count). The number of carbonyl (C=O) groups excluding carboxylic acids is 1. The zero-order chi connectivity index (χ0) is 14.2. The lowest BCUT2D eigenvalue weighted by Crippen LogP contribution is -2.52. The molecule has 1 aromatic carbocycles. The van der Waals surface area contributed by atoms with Crippen LogP contribution in [0.4, 0.5) is 0 Å². The van der Waals surface area contributed by atoms with E-state index in [0.717, 1.165) is 32.1 Å². The SMILES string of the molecule is O=C(O)c1ccccc1C(=O)OC12CCCCC1CC2. The van der Waals surface area contributed by atoms with E-state index < -0.39 is 11.9 Å².